The van der Waals surface area contributed by atoms with Crippen molar-refractivity contribution in [1.82, 2.24) is 0 Å². The number of hydrogen-bond acceptors (Lipinski definition) is 5. The highest BCUT2D eigenvalue weighted by Gasteiger charge is 2.40. The molecule has 0 aromatic heterocycles. The number of carboxylic acid groups (broad SMARTS) is 1. The summed E-state index contributed by atoms with van der Waals surface area (Å²) in [5, 5.41) is 24.1. The van der Waals surface area contributed by atoms with Gasteiger partial charge in [-0.3, -0.25) is 15.1 Å². The first kappa shape index (κ1) is 28.2. The van der Waals surface area contributed by atoms with E-state index in [1.54, 1.807) is 6.07 Å². The predicted octanol–water partition coefficient (Wildman–Crippen LogP) is 7.29. The molecule has 1 aliphatic rings. The van der Waals surface area contributed by atoms with Crippen molar-refractivity contribution in [3.63, 3.8) is 0 Å². The molecule has 0 aliphatic carbocycles. The van der Waals surface area contributed by atoms with Gasteiger partial charge in [-0.05, 0) is 60.2 Å². The number of hydrogen-bond donors (Lipinski definition) is 3. The van der Waals surface area contributed by atoms with Crippen LogP contribution in [0.1, 0.15) is 27.0 Å². The molecule has 1 aliphatic heterocycles. The molecular formula is C29H17F6N3O4. The van der Waals surface area contributed by atoms with E-state index in [0.29, 0.717) is 28.7 Å². The van der Waals surface area contributed by atoms with Gasteiger partial charge >= 0.3 is 18.3 Å². The quantitative estimate of drug-likeness (QED) is 0.130. The van der Waals surface area contributed by atoms with Gasteiger partial charge in [0.1, 0.15) is 5.75 Å². The molecule has 5 rings (SSSR count). The molecule has 1 amide bonds. The van der Waals surface area contributed by atoms with Crippen LogP contribution in [0.2, 0.25) is 0 Å². The summed E-state index contributed by atoms with van der Waals surface area (Å²) >= 11 is 0. The summed E-state index contributed by atoms with van der Waals surface area (Å²) in [4.78, 5) is 25.5. The molecular weight excluding hydrogens is 568 g/mol. The largest absolute Gasteiger partial charge is 0.505 e. The topological polar surface area (TPSA) is 102 Å². The molecule has 7 nitrogen and oxygen atoms in total. The normalized spacial score (nSPS) is 14.3. The predicted molar refractivity (Wildman–Crippen MR) is 141 cm³/mol. The number of nitrogens with zero attached hydrogens (tertiary/aromatic N) is 2. The summed E-state index contributed by atoms with van der Waals surface area (Å²) in [6.07, 6.45) is -9.58. The molecule has 13 heteroatoms. The van der Waals surface area contributed by atoms with Crippen LogP contribution in [-0.4, -0.2) is 27.8 Å². The molecule has 4 aromatic rings. The number of para-hydroxylation sites is 1. The smallest absolute Gasteiger partial charge is 0.416 e. The highest BCUT2D eigenvalue weighted by molar-refractivity contribution is 6.55. The number of halogens is 6. The van der Waals surface area contributed by atoms with Crippen LogP contribution in [0.15, 0.2) is 90.0 Å². The first-order chi connectivity index (χ1) is 19.8. The number of carbonyl (C=O) groups excluding carboxylic acids is 1. The Morgan fingerprint density at radius 3 is 2.14 bits per heavy atom. The summed E-state index contributed by atoms with van der Waals surface area (Å²) in [6.45, 7) is 0. The van der Waals surface area contributed by atoms with E-state index in [1.165, 1.54) is 36.4 Å². The third-order valence-corrected chi connectivity index (χ3v) is 6.40. The molecule has 0 fully saturated rings. The number of benzene rings is 4. The molecule has 0 atom stereocenters. The number of anilines is 3. The number of hydrazone groups is 1. The summed E-state index contributed by atoms with van der Waals surface area (Å²) in [6, 6.07) is 16.0. The maximum Gasteiger partial charge on any atom is 0.416 e. The van der Waals surface area contributed by atoms with Crippen LogP contribution in [-0.2, 0) is 17.1 Å². The number of carboxylic acids is 1. The first-order valence-electron chi connectivity index (χ1n) is 12.0. The van der Waals surface area contributed by atoms with Crippen LogP contribution in [0.25, 0.3) is 11.1 Å². The summed E-state index contributed by atoms with van der Waals surface area (Å²) in [5.41, 5.74) is -0.446. The Labute approximate surface area is 233 Å². The van der Waals surface area contributed by atoms with Crippen molar-refractivity contribution in [2.45, 2.75) is 12.4 Å². The van der Waals surface area contributed by atoms with E-state index in [1.807, 2.05) is 0 Å². The number of amides is 1. The Balaban J connectivity index is 1.57. The second kappa shape index (κ2) is 10.3. The molecule has 0 spiro atoms. The van der Waals surface area contributed by atoms with Crippen LogP contribution in [0.4, 0.5) is 43.4 Å². The zero-order valence-electron chi connectivity index (χ0n) is 21.0. The lowest BCUT2D eigenvalue weighted by Gasteiger charge is -2.19. The minimum Gasteiger partial charge on any atom is -0.505 e. The average molecular weight is 585 g/mol. The van der Waals surface area contributed by atoms with Crippen LogP contribution >= 0.6 is 0 Å². The fourth-order valence-corrected chi connectivity index (χ4v) is 4.41. The lowest BCUT2D eigenvalue weighted by Crippen LogP contribution is -2.26. The third-order valence-electron chi connectivity index (χ3n) is 6.40. The van der Waals surface area contributed by atoms with Crippen LogP contribution < -0.4 is 10.3 Å². The Hall–Kier alpha value is -5.33. The number of phenols is 1. The fourth-order valence-electron chi connectivity index (χ4n) is 4.41. The van der Waals surface area contributed by atoms with Gasteiger partial charge in [0.15, 0.2) is 5.71 Å². The van der Waals surface area contributed by atoms with Crippen LogP contribution in [0.3, 0.4) is 0 Å². The van der Waals surface area contributed by atoms with Gasteiger partial charge in [-0.2, -0.15) is 31.4 Å². The summed E-state index contributed by atoms with van der Waals surface area (Å²) < 4.78 is 80.6. The van der Waals surface area contributed by atoms with E-state index >= 15 is 0 Å². The number of fused-ring (bicyclic) bond motifs is 1. The minimum atomic E-state index is -4.81. The number of aromatic hydroxyl groups is 1. The van der Waals surface area contributed by atoms with Gasteiger partial charge in [-0.1, -0.05) is 30.3 Å². The maximum absolute atomic E-state index is 13.5. The first-order valence-corrected chi connectivity index (χ1v) is 12.0. The van der Waals surface area contributed by atoms with Crippen molar-refractivity contribution in [2.24, 2.45) is 5.10 Å². The van der Waals surface area contributed by atoms with E-state index in [-0.39, 0.29) is 39.5 Å². The maximum atomic E-state index is 13.5. The van der Waals surface area contributed by atoms with Crippen molar-refractivity contribution in [1.29, 1.82) is 0 Å². The highest BCUT2D eigenvalue weighted by Crippen LogP contribution is 2.42. The van der Waals surface area contributed by atoms with Gasteiger partial charge in [0.05, 0.1) is 28.1 Å². The molecule has 0 bridgehead atoms. The van der Waals surface area contributed by atoms with E-state index in [9.17, 15) is 46.1 Å². The molecule has 0 radical (unpaired) electrons. The standard InChI is InChI=1S/C29H17F6N3O4/c30-28(31,32)17-6-2-7-19(13-17)38-23-14-18(29(33,34)35)10-11-21(23)24(26(38)40)37-36-22-9-3-8-20(25(22)39)15-4-1-5-16(12-15)27(41)42/h1-14,36,39H,(H,41,42). The number of carbonyl (C=O) groups is 2. The van der Waals surface area contributed by atoms with Gasteiger partial charge in [-0.25, -0.2) is 4.79 Å². The van der Waals surface area contributed by atoms with E-state index in [0.717, 1.165) is 24.3 Å². The Morgan fingerprint density at radius 2 is 1.45 bits per heavy atom. The van der Waals surface area contributed by atoms with Gasteiger partial charge in [-0.15, -0.1) is 0 Å². The lowest BCUT2D eigenvalue weighted by atomic mass is 10.0. The molecule has 42 heavy (non-hydrogen) atoms. The lowest BCUT2D eigenvalue weighted by molar-refractivity contribution is -0.138. The SMILES string of the molecule is O=C(O)c1cccc(-c2cccc(NN=C3C(=O)N(c4cccc(C(F)(F)F)c4)c4cc(C(F)(F)F)ccc43)c2O)c1. The molecule has 214 valence electrons. The zero-order chi connectivity index (χ0) is 30.4. The number of aromatic carboxylic acids is 1. The molecule has 0 saturated carbocycles. The van der Waals surface area contributed by atoms with Gasteiger partial charge in [0.2, 0.25) is 0 Å². The van der Waals surface area contributed by atoms with E-state index in [4.69, 9.17) is 0 Å². The number of nitrogens with one attached hydrogen (secondary N) is 1. The van der Waals surface area contributed by atoms with Crippen molar-refractivity contribution in [3.8, 4) is 16.9 Å². The van der Waals surface area contributed by atoms with E-state index in [2.05, 4.69) is 10.5 Å². The average Bonchev–Trinajstić information content (AvgIpc) is 3.22. The second-order valence-electron chi connectivity index (χ2n) is 9.08. The molecule has 0 unspecified atom stereocenters. The molecule has 1 heterocycles. The minimum absolute atomic E-state index is 0.0356. The molecule has 0 saturated heterocycles. The Morgan fingerprint density at radius 1 is 0.786 bits per heavy atom. The zero-order valence-corrected chi connectivity index (χ0v) is 21.0. The number of phenolic OH excluding ortho intramolecular Hbond substituents is 1. The van der Waals surface area contributed by atoms with Gasteiger partial charge in [0.25, 0.3) is 5.91 Å². The highest BCUT2D eigenvalue weighted by atomic mass is 19.4. The summed E-state index contributed by atoms with van der Waals surface area (Å²) in [7, 11) is 0. The number of rotatable bonds is 5. The van der Waals surface area contributed by atoms with E-state index < -0.39 is 41.1 Å². The van der Waals surface area contributed by atoms with Crippen LogP contribution in [0.5, 0.6) is 5.75 Å². The van der Waals surface area contributed by atoms with Crippen molar-refractivity contribution in [2.75, 3.05) is 10.3 Å². The molecule has 4 aromatic carbocycles. The third kappa shape index (κ3) is 5.23. The second-order valence-corrected chi connectivity index (χ2v) is 9.08. The summed E-state index contributed by atoms with van der Waals surface area (Å²) in [5.74, 6) is -2.58. The Kier molecular flexibility index (Phi) is 6.89. The van der Waals surface area contributed by atoms with Crippen molar-refractivity contribution < 1.29 is 46.1 Å². The Bertz CT molecular complexity index is 1770. The fraction of sp³-hybridized carbons (Fsp3) is 0.0690. The monoisotopic (exact) mass is 585 g/mol. The van der Waals surface area contributed by atoms with Gasteiger partial charge in [0, 0.05) is 16.8 Å². The van der Waals surface area contributed by atoms with Crippen LogP contribution in [0, 0.1) is 0 Å². The van der Waals surface area contributed by atoms with Crippen molar-refractivity contribution in [3.05, 3.63) is 107 Å². The van der Waals surface area contributed by atoms with Gasteiger partial charge < -0.3 is 10.2 Å². The molecule has 3 N–H and O–H groups in total. The van der Waals surface area contributed by atoms with Crippen molar-refractivity contribution >= 4 is 34.7 Å². The number of alkyl halides is 6.